The van der Waals surface area contributed by atoms with Crippen molar-refractivity contribution in [2.45, 2.75) is 50.2 Å². The Hall–Kier alpha value is -3.06. The lowest BCUT2D eigenvalue weighted by Gasteiger charge is -2.32. The van der Waals surface area contributed by atoms with E-state index >= 15 is 0 Å². The van der Waals surface area contributed by atoms with Gasteiger partial charge in [-0.1, -0.05) is 24.3 Å². The zero-order valence-corrected chi connectivity index (χ0v) is 18.5. The van der Waals surface area contributed by atoms with Gasteiger partial charge < -0.3 is 25.3 Å². The van der Waals surface area contributed by atoms with E-state index in [9.17, 15) is 4.79 Å². The van der Waals surface area contributed by atoms with Gasteiger partial charge in [-0.15, -0.1) is 0 Å². The lowest BCUT2D eigenvalue weighted by atomic mass is 10.0. The largest absolute Gasteiger partial charge is 0.497 e. The summed E-state index contributed by atoms with van der Waals surface area (Å²) in [4.78, 5) is 23.6. The Bertz CT molecular complexity index is 1020. The first kappa shape index (κ1) is 20.8. The molecule has 1 aliphatic carbocycles. The van der Waals surface area contributed by atoms with Gasteiger partial charge in [-0.05, 0) is 61.9 Å². The number of hydrogen-bond acceptors (Lipinski definition) is 4. The molecule has 0 unspecified atom stereocenters. The van der Waals surface area contributed by atoms with Crippen LogP contribution >= 0.6 is 0 Å². The van der Waals surface area contributed by atoms with E-state index in [1.165, 1.54) is 12.8 Å². The molecule has 3 N–H and O–H groups in total. The smallest absolute Gasteiger partial charge is 0.315 e. The maximum Gasteiger partial charge on any atom is 0.315 e. The van der Waals surface area contributed by atoms with Gasteiger partial charge in [-0.3, -0.25) is 0 Å². The molecule has 32 heavy (non-hydrogen) atoms. The fraction of sp³-hybridized carbons (Fsp3) is 0.440. The molecule has 1 aliphatic heterocycles. The molecule has 1 saturated carbocycles. The van der Waals surface area contributed by atoms with E-state index < -0.39 is 0 Å². The first-order valence-electron chi connectivity index (χ1n) is 11.6. The topological polar surface area (TPSA) is 82.3 Å². The Labute approximate surface area is 188 Å². The number of rotatable bonds is 7. The first-order valence-corrected chi connectivity index (χ1v) is 11.6. The quantitative estimate of drug-likeness (QED) is 0.530. The van der Waals surface area contributed by atoms with Crippen LogP contribution in [0.2, 0.25) is 0 Å². The molecule has 7 nitrogen and oxygen atoms in total. The standard InChI is InChI=1S/C25H31N5O2/c1-32-20-10-6-17(7-11-20)16-23(24-27-21-4-2-3-5-22(21)28-24)29-25(31)26-18-12-14-30(15-13-18)19-8-9-19/h2-7,10-11,18-19,23H,8-9,12-16H2,1H3,(H,27,28)(H2,26,29,31)/t23-/m1/s1. The highest BCUT2D eigenvalue weighted by molar-refractivity contribution is 5.76. The van der Waals surface area contributed by atoms with E-state index in [0.29, 0.717) is 6.42 Å². The summed E-state index contributed by atoms with van der Waals surface area (Å²) in [5, 5.41) is 6.37. The highest BCUT2D eigenvalue weighted by Gasteiger charge is 2.32. The van der Waals surface area contributed by atoms with Crippen molar-refractivity contribution in [3.8, 4) is 5.75 Å². The fourth-order valence-electron chi connectivity index (χ4n) is 4.58. The summed E-state index contributed by atoms with van der Waals surface area (Å²) in [5.74, 6) is 1.58. The molecular weight excluding hydrogens is 402 g/mol. The number of likely N-dealkylation sites (tertiary alicyclic amines) is 1. The van der Waals surface area contributed by atoms with Gasteiger partial charge in [0.25, 0.3) is 0 Å². The lowest BCUT2D eigenvalue weighted by molar-refractivity contribution is 0.185. The molecule has 2 amide bonds. The third-order valence-electron chi connectivity index (χ3n) is 6.57. The highest BCUT2D eigenvalue weighted by atomic mass is 16.5. The van der Waals surface area contributed by atoms with Crippen molar-refractivity contribution in [2.75, 3.05) is 20.2 Å². The van der Waals surface area contributed by atoms with Crippen molar-refractivity contribution >= 4 is 17.1 Å². The number of amides is 2. The number of aromatic amines is 1. The number of urea groups is 1. The van der Waals surface area contributed by atoms with Crippen molar-refractivity contribution in [1.82, 2.24) is 25.5 Å². The summed E-state index contributed by atoms with van der Waals surface area (Å²) in [6.07, 6.45) is 5.33. The SMILES string of the molecule is COc1ccc(C[C@@H](NC(=O)NC2CCN(C3CC3)CC2)c2nc3ccccc3[nH]2)cc1. The number of hydrogen-bond donors (Lipinski definition) is 3. The van der Waals surface area contributed by atoms with Crippen LogP contribution in [0.5, 0.6) is 5.75 Å². The van der Waals surface area contributed by atoms with Crippen molar-refractivity contribution in [3.63, 3.8) is 0 Å². The monoisotopic (exact) mass is 433 g/mol. The van der Waals surface area contributed by atoms with Crippen LogP contribution in [0.15, 0.2) is 48.5 Å². The molecular formula is C25H31N5O2. The van der Waals surface area contributed by atoms with Gasteiger partial charge >= 0.3 is 6.03 Å². The number of fused-ring (bicyclic) bond motifs is 1. The highest BCUT2D eigenvalue weighted by Crippen LogP contribution is 2.29. The molecule has 0 radical (unpaired) electrons. The average molecular weight is 434 g/mol. The van der Waals surface area contributed by atoms with Crippen molar-refractivity contribution in [3.05, 3.63) is 59.9 Å². The first-order chi connectivity index (χ1) is 15.7. The molecule has 1 saturated heterocycles. The van der Waals surface area contributed by atoms with Gasteiger partial charge in [0.2, 0.25) is 0 Å². The number of ether oxygens (including phenoxy) is 1. The Morgan fingerprint density at radius 1 is 1.12 bits per heavy atom. The molecule has 1 aromatic heterocycles. The molecule has 2 heterocycles. The Morgan fingerprint density at radius 3 is 2.56 bits per heavy atom. The molecule has 2 aromatic carbocycles. The van der Waals surface area contributed by atoms with Crippen molar-refractivity contribution in [1.29, 1.82) is 0 Å². The van der Waals surface area contributed by atoms with E-state index in [4.69, 9.17) is 9.72 Å². The second-order valence-corrected chi connectivity index (χ2v) is 8.90. The number of methoxy groups -OCH3 is 1. The zero-order chi connectivity index (χ0) is 21.9. The Morgan fingerprint density at radius 2 is 1.88 bits per heavy atom. The molecule has 0 spiro atoms. The molecule has 7 heteroatoms. The van der Waals surface area contributed by atoms with Gasteiger partial charge in [0.1, 0.15) is 11.6 Å². The van der Waals surface area contributed by atoms with E-state index in [0.717, 1.165) is 60.1 Å². The number of H-pyrrole nitrogens is 1. The number of carbonyl (C=O) groups excluding carboxylic acids is 1. The minimum absolute atomic E-state index is 0.131. The molecule has 3 aromatic rings. The number of aromatic nitrogens is 2. The number of piperidine rings is 1. The van der Waals surface area contributed by atoms with E-state index in [-0.39, 0.29) is 18.1 Å². The lowest BCUT2D eigenvalue weighted by Crippen LogP contribution is -2.49. The summed E-state index contributed by atoms with van der Waals surface area (Å²) >= 11 is 0. The molecule has 0 bridgehead atoms. The molecule has 2 fully saturated rings. The third-order valence-corrected chi connectivity index (χ3v) is 6.57. The van der Waals surface area contributed by atoms with Crippen LogP contribution in [0.25, 0.3) is 11.0 Å². The van der Waals surface area contributed by atoms with E-state index in [2.05, 4.69) is 20.5 Å². The van der Waals surface area contributed by atoms with Crippen molar-refractivity contribution in [2.24, 2.45) is 0 Å². The van der Waals surface area contributed by atoms with Gasteiger partial charge in [0.05, 0.1) is 24.2 Å². The predicted molar refractivity (Wildman–Crippen MR) is 125 cm³/mol. The minimum atomic E-state index is -0.262. The molecule has 1 atom stereocenters. The third kappa shape index (κ3) is 4.88. The van der Waals surface area contributed by atoms with Crippen LogP contribution in [-0.4, -0.2) is 53.2 Å². The van der Waals surface area contributed by atoms with Gasteiger partial charge in [0.15, 0.2) is 0 Å². The van der Waals surface area contributed by atoms with Crippen molar-refractivity contribution < 1.29 is 9.53 Å². The second kappa shape index (κ2) is 9.20. The second-order valence-electron chi connectivity index (χ2n) is 8.90. The summed E-state index contributed by atoms with van der Waals surface area (Å²) in [7, 11) is 1.66. The molecule has 2 aliphatic rings. The van der Waals surface area contributed by atoms with Crippen LogP contribution in [-0.2, 0) is 6.42 Å². The van der Waals surface area contributed by atoms with Crippen LogP contribution in [0, 0.1) is 0 Å². The normalized spacial score (nSPS) is 18.4. The number of para-hydroxylation sites is 2. The van der Waals surface area contributed by atoms with Crippen LogP contribution < -0.4 is 15.4 Å². The maximum absolute atomic E-state index is 12.9. The number of nitrogens with zero attached hydrogens (tertiary/aromatic N) is 2. The Kier molecular flexibility index (Phi) is 5.99. The van der Waals surface area contributed by atoms with Gasteiger partial charge in [-0.2, -0.15) is 0 Å². The number of imidazole rings is 1. The summed E-state index contributed by atoms with van der Waals surface area (Å²) in [5.41, 5.74) is 2.98. The summed E-state index contributed by atoms with van der Waals surface area (Å²) in [6.45, 7) is 2.16. The molecule has 168 valence electrons. The fourth-order valence-corrected chi connectivity index (χ4v) is 4.58. The van der Waals surface area contributed by atoms with Gasteiger partial charge in [-0.25, -0.2) is 9.78 Å². The van der Waals surface area contributed by atoms with Crippen LogP contribution in [0.1, 0.15) is 43.1 Å². The maximum atomic E-state index is 12.9. The number of benzene rings is 2. The summed E-state index contributed by atoms with van der Waals surface area (Å²) < 4.78 is 5.27. The zero-order valence-electron chi connectivity index (χ0n) is 18.5. The molecule has 5 rings (SSSR count). The minimum Gasteiger partial charge on any atom is -0.497 e. The van der Waals surface area contributed by atoms with Crippen LogP contribution in [0.3, 0.4) is 0 Å². The predicted octanol–water partition coefficient (Wildman–Crippen LogP) is 3.78. The summed E-state index contributed by atoms with van der Waals surface area (Å²) in [6, 6.07) is 16.5. The van der Waals surface area contributed by atoms with E-state index in [1.54, 1.807) is 7.11 Å². The average Bonchev–Trinajstić information content (AvgIpc) is 3.57. The Balaban J connectivity index is 1.27. The van der Waals surface area contributed by atoms with Crippen LogP contribution in [0.4, 0.5) is 4.79 Å². The van der Waals surface area contributed by atoms with E-state index in [1.807, 2.05) is 48.5 Å². The van der Waals surface area contributed by atoms with Gasteiger partial charge in [0, 0.05) is 25.2 Å². The number of nitrogens with one attached hydrogen (secondary N) is 3. The number of carbonyl (C=O) groups is 1.